The summed E-state index contributed by atoms with van der Waals surface area (Å²) >= 11 is 3.79. The molecule has 2 amide bonds. The van der Waals surface area contributed by atoms with Crippen molar-refractivity contribution in [2.24, 2.45) is 11.7 Å². The molecule has 0 rings (SSSR count). The SMILES string of the molecule is CCC(C)C(N)C(=O)NC(CC(=O)O)C(=O)NC(CS)C(=O)O. The zero-order chi connectivity index (χ0) is 18.2. The second-order valence-corrected chi connectivity index (χ2v) is 5.52. The van der Waals surface area contributed by atoms with Crippen LogP contribution in [0, 0.1) is 5.92 Å². The Balaban J connectivity index is 5.00. The zero-order valence-electron chi connectivity index (χ0n) is 13.0. The molecule has 0 aliphatic carbocycles. The van der Waals surface area contributed by atoms with Gasteiger partial charge in [-0.1, -0.05) is 20.3 Å². The summed E-state index contributed by atoms with van der Waals surface area (Å²) in [6.07, 6.45) is -0.0607. The lowest BCUT2D eigenvalue weighted by atomic mass is 9.99. The molecule has 0 aromatic carbocycles. The van der Waals surface area contributed by atoms with Crippen LogP contribution in [0.2, 0.25) is 0 Å². The summed E-state index contributed by atoms with van der Waals surface area (Å²) in [5, 5.41) is 22.1. The molecule has 23 heavy (non-hydrogen) atoms. The van der Waals surface area contributed by atoms with Crippen molar-refractivity contribution in [1.29, 1.82) is 0 Å². The molecule has 0 saturated heterocycles. The number of carboxylic acid groups (broad SMARTS) is 2. The van der Waals surface area contributed by atoms with Gasteiger partial charge in [0.1, 0.15) is 12.1 Å². The molecule has 0 spiro atoms. The van der Waals surface area contributed by atoms with E-state index in [1.807, 2.05) is 6.92 Å². The zero-order valence-corrected chi connectivity index (χ0v) is 13.9. The minimum absolute atomic E-state index is 0.159. The molecule has 0 saturated carbocycles. The highest BCUT2D eigenvalue weighted by Gasteiger charge is 2.30. The predicted molar refractivity (Wildman–Crippen MR) is 85.0 cm³/mol. The van der Waals surface area contributed by atoms with Gasteiger partial charge < -0.3 is 26.6 Å². The fourth-order valence-corrected chi connectivity index (χ4v) is 1.87. The van der Waals surface area contributed by atoms with Gasteiger partial charge in [-0.25, -0.2) is 4.79 Å². The van der Waals surface area contributed by atoms with Crippen molar-refractivity contribution in [1.82, 2.24) is 10.6 Å². The van der Waals surface area contributed by atoms with E-state index in [4.69, 9.17) is 15.9 Å². The monoisotopic (exact) mass is 349 g/mol. The summed E-state index contributed by atoms with van der Waals surface area (Å²) < 4.78 is 0. The highest BCUT2D eigenvalue weighted by Crippen LogP contribution is 2.06. The van der Waals surface area contributed by atoms with Gasteiger partial charge in [0.15, 0.2) is 0 Å². The first-order valence-corrected chi connectivity index (χ1v) is 7.69. The maximum atomic E-state index is 12.0. The smallest absolute Gasteiger partial charge is 0.327 e. The van der Waals surface area contributed by atoms with Crippen molar-refractivity contribution in [2.75, 3.05) is 5.75 Å². The number of aliphatic carboxylic acids is 2. The van der Waals surface area contributed by atoms with E-state index in [0.717, 1.165) is 0 Å². The van der Waals surface area contributed by atoms with Crippen molar-refractivity contribution in [3.05, 3.63) is 0 Å². The topological polar surface area (TPSA) is 159 Å². The molecule has 4 unspecified atom stereocenters. The third-order valence-corrected chi connectivity index (χ3v) is 3.73. The third kappa shape index (κ3) is 7.33. The van der Waals surface area contributed by atoms with Crippen LogP contribution in [0.5, 0.6) is 0 Å². The molecule has 0 aliphatic heterocycles. The normalized spacial score (nSPS) is 15.8. The van der Waals surface area contributed by atoms with Crippen molar-refractivity contribution in [3.8, 4) is 0 Å². The first kappa shape index (κ1) is 21.2. The minimum atomic E-state index is -1.42. The van der Waals surface area contributed by atoms with E-state index in [9.17, 15) is 19.2 Å². The van der Waals surface area contributed by atoms with Crippen LogP contribution in [0.1, 0.15) is 26.7 Å². The Labute approximate surface area is 139 Å². The van der Waals surface area contributed by atoms with Crippen LogP contribution < -0.4 is 16.4 Å². The summed E-state index contributed by atoms with van der Waals surface area (Å²) in [6, 6.07) is -3.61. The van der Waals surface area contributed by atoms with Crippen LogP contribution in [0.4, 0.5) is 0 Å². The molecule has 0 aliphatic rings. The lowest BCUT2D eigenvalue weighted by Crippen LogP contribution is -2.56. The molecule has 10 heteroatoms. The number of thiol groups is 1. The molecule has 0 heterocycles. The molecule has 9 nitrogen and oxygen atoms in total. The average Bonchev–Trinajstić information content (AvgIpc) is 2.48. The maximum absolute atomic E-state index is 12.0. The first-order valence-electron chi connectivity index (χ1n) is 7.05. The van der Waals surface area contributed by atoms with E-state index < -0.39 is 48.3 Å². The van der Waals surface area contributed by atoms with Gasteiger partial charge >= 0.3 is 11.9 Å². The maximum Gasteiger partial charge on any atom is 0.327 e. The van der Waals surface area contributed by atoms with Crippen LogP contribution in [-0.4, -0.2) is 57.8 Å². The number of hydrogen-bond acceptors (Lipinski definition) is 6. The Morgan fingerprint density at radius 2 is 1.61 bits per heavy atom. The van der Waals surface area contributed by atoms with E-state index >= 15 is 0 Å². The Bertz CT molecular complexity index is 459. The largest absolute Gasteiger partial charge is 0.481 e. The van der Waals surface area contributed by atoms with Crippen LogP contribution >= 0.6 is 12.6 Å². The van der Waals surface area contributed by atoms with Crippen LogP contribution in [0.3, 0.4) is 0 Å². The van der Waals surface area contributed by atoms with E-state index in [0.29, 0.717) is 6.42 Å². The molecule has 0 fully saturated rings. The quantitative estimate of drug-likeness (QED) is 0.271. The van der Waals surface area contributed by atoms with Crippen molar-refractivity contribution >= 4 is 36.4 Å². The molecular weight excluding hydrogens is 326 g/mol. The van der Waals surface area contributed by atoms with Gasteiger partial charge in [-0.3, -0.25) is 14.4 Å². The number of carboxylic acids is 2. The van der Waals surface area contributed by atoms with E-state index in [1.54, 1.807) is 6.92 Å². The first-order chi connectivity index (χ1) is 10.6. The minimum Gasteiger partial charge on any atom is -0.481 e. The Kier molecular flexibility index (Phi) is 9.27. The fourth-order valence-electron chi connectivity index (χ4n) is 1.62. The average molecular weight is 349 g/mol. The van der Waals surface area contributed by atoms with Gasteiger partial charge in [0.25, 0.3) is 0 Å². The summed E-state index contributed by atoms with van der Waals surface area (Å²) in [5.41, 5.74) is 5.73. The van der Waals surface area contributed by atoms with Crippen molar-refractivity contribution in [3.63, 3.8) is 0 Å². The van der Waals surface area contributed by atoms with E-state index in [-0.39, 0.29) is 11.7 Å². The standard InChI is InChI=1S/C13H23N3O6S/c1-3-6(2)10(14)12(20)15-7(4-9(17)18)11(19)16-8(5-23)13(21)22/h6-8,10,23H,3-5,14H2,1-2H3,(H,15,20)(H,16,19)(H,17,18)(H,21,22). The summed E-state index contributed by atoms with van der Waals surface area (Å²) in [7, 11) is 0. The molecular formula is C13H23N3O6S. The van der Waals surface area contributed by atoms with E-state index in [1.165, 1.54) is 0 Å². The summed E-state index contributed by atoms with van der Waals surface area (Å²) in [6.45, 7) is 3.58. The Hall–Kier alpha value is -1.81. The number of rotatable bonds is 10. The van der Waals surface area contributed by atoms with Gasteiger partial charge in [-0.15, -0.1) is 0 Å². The number of nitrogens with one attached hydrogen (secondary N) is 2. The second kappa shape index (κ2) is 10.1. The van der Waals surface area contributed by atoms with Crippen molar-refractivity contribution < 1.29 is 29.4 Å². The van der Waals surface area contributed by atoms with Gasteiger partial charge in [0.2, 0.25) is 11.8 Å². The van der Waals surface area contributed by atoms with Gasteiger partial charge in [-0.2, -0.15) is 12.6 Å². The molecule has 132 valence electrons. The molecule has 0 bridgehead atoms. The lowest BCUT2D eigenvalue weighted by Gasteiger charge is -2.23. The van der Waals surface area contributed by atoms with Crippen molar-refractivity contribution in [2.45, 2.75) is 44.8 Å². The number of amides is 2. The van der Waals surface area contributed by atoms with Crippen LogP contribution in [0.15, 0.2) is 0 Å². The second-order valence-electron chi connectivity index (χ2n) is 5.15. The fraction of sp³-hybridized carbons (Fsp3) is 0.692. The van der Waals surface area contributed by atoms with Gasteiger partial charge in [0, 0.05) is 5.75 Å². The predicted octanol–water partition coefficient (Wildman–Crippen LogP) is -1.18. The van der Waals surface area contributed by atoms with Crippen LogP contribution in [0.25, 0.3) is 0 Å². The molecule has 0 radical (unpaired) electrons. The molecule has 0 aromatic heterocycles. The number of carbonyl (C=O) groups is 4. The lowest BCUT2D eigenvalue weighted by molar-refractivity contribution is -0.143. The van der Waals surface area contributed by atoms with Gasteiger partial charge in [-0.05, 0) is 5.92 Å². The highest BCUT2D eigenvalue weighted by atomic mass is 32.1. The number of hydrogen-bond donors (Lipinski definition) is 6. The number of nitrogens with two attached hydrogens (primary N) is 1. The Morgan fingerprint density at radius 1 is 1.09 bits per heavy atom. The summed E-state index contributed by atoms with van der Waals surface area (Å²) in [4.78, 5) is 45.7. The van der Waals surface area contributed by atoms with Crippen LogP contribution in [-0.2, 0) is 19.2 Å². The molecule has 4 atom stereocenters. The molecule has 6 N–H and O–H groups in total. The third-order valence-electron chi connectivity index (χ3n) is 3.37. The number of carbonyl (C=O) groups excluding carboxylic acids is 2. The Morgan fingerprint density at radius 3 is 2.00 bits per heavy atom. The highest BCUT2D eigenvalue weighted by molar-refractivity contribution is 7.80. The molecule has 0 aromatic rings. The summed E-state index contributed by atoms with van der Waals surface area (Å²) in [5.74, 6) is -4.56. The van der Waals surface area contributed by atoms with Gasteiger partial charge in [0.05, 0.1) is 12.5 Å². The van der Waals surface area contributed by atoms with E-state index in [2.05, 4.69) is 23.3 Å².